The predicted octanol–water partition coefficient (Wildman–Crippen LogP) is 7.34. The van der Waals surface area contributed by atoms with Crippen LogP contribution in [0.25, 0.3) is 11.4 Å². The lowest BCUT2D eigenvalue weighted by Crippen LogP contribution is -2.54. The minimum absolute atomic E-state index is 0.304. The highest BCUT2D eigenvalue weighted by molar-refractivity contribution is 5.88. The van der Waals surface area contributed by atoms with E-state index in [4.69, 9.17) is 39.1 Å². The van der Waals surface area contributed by atoms with Crippen molar-refractivity contribution in [1.29, 1.82) is 0 Å². The molecule has 4 aromatic carbocycles. The zero-order valence-corrected chi connectivity index (χ0v) is 25.3. The number of aryl methyl sites for hydroxylation is 3. The molecule has 0 amide bonds. The van der Waals surface area contributed by atoms with E-state index in [9.17, 15) is 0 Å². The molecular weight excluding hydrogens is 580 g/mol. The zero-order valence-electron chi connectivity index (χ0n) is 25.3. The number of benzene rings is 4. The quantitative estimate of drug-likeness (QED) is 0.204. The van der Waals surface area contributed by atoms with E-state index in [1.807, 2.05) is 112 Å². The van der Waals surface area contributed by atoms with Gasteiger partial charge in [0.15, 0.2) is 11.5 Å². The molecule has 0 bridgehead atoms. The van der Waals surface area contributed by atoms with Crippen molar-refractivity contribution in [1.82, 2.24) is 19.6 Å². The van der Waals surface area contributed by atoms with Crippen molar-refractivity contribution in [3.63, 3.8) is 0 Å². The van der Waals surface area contributed by atoms with Gasteiger partial charge in [0.05, 0.1) is 33.9 Å². The number of aliphatic imine (C=N–C) groups is 2. The second-order valence-corrected chi connectivity index (χ2v) is 10.9. The molecule has 1 spiro atoms. The molecule has 2 aromatic heterocycles. The summed E-state index contributed by atoms with van der Waals surface area (Å²) in [6, 6.07) is 32.3. The van der Waals surface area contributed by atoms with Gasteiger partial charge in [-0.1, -0.05) is 60.7 Å². The van der Waals surface area contributed by atoms with E-state index in [0.717, 1.165) is 16.9 Å². The van der Waals surface area contributed by atoms with E-state index in [0.29, 0.717) is 57.1 Å². The van der Waals surface area contributed by atoms with Gasteiger partial charge < -0.3 is 18.9 Å². The van der Waals surface area contributed by atoms with Crippen LogP contribution in [0.5, 0.6) is 23.3 Å². The van der Waals surface area contributed by atoms with E-state index < -0.39 is 6.16 Å². The van der Waals surface area contributed by atoms with Crippen LogP contribution in [0.1, 0.15) is 28.1 Å². The first-order chi connectivity index (χ1) is 22.5. The summed E-state index contributed by atoms with van der Waals surface area (Å²) < 4.78 is 30.6. The smallest absolute Gasteiger partial charge is 0.384 e. The summed E-state index contributed by atoms with van der Waals surface area (Å²) in [5.74, 6) is 1.36. The van der Waals surface area contributed by atoms with Crippen LogP contribution in [0.3, 0.4) is 0 Å². The van der Waals surface area contributed by atoms with E-state index in [-0.39, 0.29) is 0 Å². The van der Waals surface area contributed by atoms with Gasteiger partial charge in [-0.3, -0.25) is 9.98 Å². The first-order valence-corrected chi connectivity index (χ1v) is 14.8. The number of nitrogens with zero attached hydrogens (tertiary/aromatic N) is 6. The molecule has 10 heteroatoms. The van der Waals surface area contributed by atoms with Gasteiger partial charge in [0.25, 0.3) is 0 Å². The lowest BCUT2D eigenvalue weighted by Gasteiger charge is -2.32. The van der Waals surface area contributed by atoms with Gasteiger partial charge in [0, 0.05) is 12.4 Å². The molecule has 8 rings (SSSR count). The Kier molecular flexibility index (Phi) is 6.42. The lowest BCUT2D eigenvalue weighted by atomic mass is 10.2. The molecule has 0 aliphatic carbocycles. The van der Waals surface area contributed by atoms with Crippen molar-refractivity contribution >= 4 is 23.8 Å². The third-order valence-electron chi connectivity index (χ3n) is 7.78. The summed E-state index contributed by atoms with van der Waals surface area (Å²) in [6.07, 6.45) is 1.18. The van der Waals surface area contributed by atoms with Gasteiger partial charge in [-0.2, -0.15) is 19.6 Å². The third kappa shape index (κ3) is 4.67. The Hall–Kier alpha value is -6.16. The van der Waals surface area contributed by atoms with Gasteiger partial charge in [-0.25, -0.2) is 0 Å². The molecule has 0 fully saturated rings. The molecule has 4 heterocycles. The monoisotopic (exact) mass is 608 g/mol. The fourth-order valence-corrected chi connectivity index (χ4v) is 5.44. The van der Waals surface area contributed by atoms with Crippen molar-refractivity contribution in [2.75, 3.05) is 0 Å². The SMILES string of the molecule is Cc1ccccc1-n1nc(C)c2c1OC1(Oc3ccccc3/N=C/c3c(C)nn(-c4ccccc4)c3O1)Oc1ccccc1/N=C/2. The Morgan fingerprint density at radius 2 is 1.02 bits per heavy atom. The Morgan fingerprint density at radius 1 is 0.522 bits per heavy atom. The minimum atomic E-state index is -2.26. The number of aromatic nitrogens is 4. The first-order valence-electron chi connectivity index (χ1n) is 14.8. The molecule has 1 unspecified atom stereocenters. The van der Waals surface area contributed by atoms with Crippen LogP contribution in [-0.4, -0.2) is 38.1 Å². The van der Waals surface area contributed by atoms with Crippen LogP contribution in [0.15, 0.2) is 113 Å². The summed E-state index contributed by atoms with van der Waals surface area (Å²) in [5, 5.41) is 9.71. The highest BCUT2D eigenvalue weighted by Gasteiger charge is 2.49. The summed E-state index contributed by atoms with van der Waals surface area (Å²) in [4.78, 5) is 9.59. The number of hydrogen-bond donors (Lipinski definition) is 0. The second kappa shape index (κ2) is 10.8. The summed E-state index contributed by atoms with van der Waals surface area (Å²) in [7, 11) is 0. The number of rotatable bonds is 2. The maximum atomic E-state index is 6.91. The van der Waals surface area contributed by atoms with Gasteiger partial charge >= 0.3 is 6.16 Å². The Morgan fingerprint density at radius 3 is 1.63 bits per heavy atom. The number of ether oxygens (including phenoxy) is 4. The van der Waals surface area contributed by atoms with E-state index in [1.165, 1.54) is 0 Å². The van der Waals surface area contributed by atoms with E-state index >= 15 is 0 Å². The van der Waals surface area contributed by atoms with E-state index in [2.05, 4.69) is 0 Å². The third-order valence-corrected chi connectivity index (χ3v) is 7.78. The maximum Gasteiger partial charge on any atom is 0.613 e. The fourth-order valence-electron chi connectivity index (χ4n) is 5.44. The summed E-state index contributed by atoms with van der Waals surface area (Å²) in [5.41, 5.74) is 6.29. The van der Waals surface area contributed by atoms with Crippen molar-refractivity contribution in [2.24, 2.45) is 9.98 Å². The van der Waals surface area contributed by atoms with Crippen molar-refractivity contribution in [2.45, 2.75) is 26.9 Å². The average Bonchev–Trinajstić information content (AvgIpc) is 3.57. The van der Waals surface area contributed by atoms with Crippen molar-refractivity contribution in [3.05, 3.63) is 131 Å². The van der Waals surface area contributed by atoms with Crippen LogP contribution in [0, 0.1) is 20.8 Å². The normalized spacial score (nSPS) is 17.7. The van der Waals surface area contributed by atoms with Crippen LogP contribution in [0.4, 0.5) is 11.4 Å². The van der Waals surface area contributed by atoms with Crippen LogP contribution >= 0.6 is 0 Å². The maximum absolute atomic E-state index is 6.91. The Bertz CT molecular complexity index is 2160. The molecule has 2 aliphatic heterocycles. The standard InChI is InChI=1S/C36H28N6O4/c1-23-13-7-10-18-31(23)42-35-28(25(3)40-42)22-38-30-17-9-12-20-33(30)44-36(46-35)43-32-19-11-8-16-29(32)37-21-27-24(2)39-41(34(27)45-36)26-14-5-4-6-15-26/h4-22H,1-3H3/b37-21+,38-22+. The molecule has 46 heavy (non-hydrogen) atoms. The summed E-state index contributed by atoms with van der Waals surface area (Å²) in [6.45, 7) is 5.81. The molecule has 0 N–H and O–H groups in total. The summed E-state index contributed by atoms with van der Waals surface area (Å²) >= 11 is 0. The van der Waals surface area contributed by atoms with Crippen LogP contribution in [0.2, 0.25) is 0 Å². The highest BCUT2D eigenvalue weighted by Crippen LogP contribution is 2.42. The van der Waals surface area contributed by atoms with Gasteiger partial charge in [-0.05, 0) is 68.8 Å². The number of hydrogen-bond acceptors (Lipinski definition) is 8. The molecule has 0 radical (unpaired) electrons. The first kappa shape index (κ1) is 27.4. The predicted molar refractivity (Wildman–Crippen MR) is 174 cm³/mol. The fraction of sp³-hybridized carbons (Fsp3) is 0.111. The molecule has 0 saturated carbocycles. The van der Waals surface area contributed by atoms with Crippen LogP contribution < -0.4 is 18.9 Å². The molecule has 0 saturated heterocycles. The number of fused-ring (bicyclic) bond motifs is 4. The minimum Gasteiger partial charge on any atom is -0.384 e. The molecule has 10 nitrogen and oxygen atoms in total. The van der Waals surface area contributed by atoms with Gasteiger partial charge in [0.1, 0.15) is 11.4 Å². The average molecular weight is 609 g/mol. The number of para-hydroxylation sites is 6. The highest BCUT2D eigenvalue weighted by atomic mass is 17.0. The van der Waals surface area contributed by atoms with Crippen molar-refractivity contribution < 1.29 is 18.9 Å². The van der Waals surface area contributed by atoms with E-state index in [1.54, 1.807) is 33.9 Å². The zero-order chi connectivity index (χ0) is 31.3. The molecule has 2 aliphatic rings. The topological polar surface area (TPSA) is 97.3 Å². The second-order valence-electron chi connectivity index (χ2n) is 10.9. The molecule has 1 atom stereocenters. The van der Waals surface area contributed by atoms with Crippen molar-refractivity contribution in [3.8, 4) is 34.6 Å². The largest absolute Gasteiger partial charge is 0.613 e. The molecular formula is C36H28N6O4. The van der Waals surface area contributed by atoms with Gasteiger partial charge in [0.2, 0.25) is 11.8 Å². The lowest BCUT2D eigenvalue weighted by molar-refractivity contribution is -0.369. The molecule has 226 valence electrons. The Labute approximate surface area is 264 Å². The Balaban J connectivity index is 1.42. The van der Waals surface area contributed by atoms with Crippen LogP contribution in [-0.2, 0) is 0 Å². The molecule has 6 aromatic rings. The van der Waals surface area contributed by atoms with Gasteiger partial charge in [-0.15, -0.1) is 0 Å².